The highest BCUT2D eigenvalue weighted by Gasteiger charge is 2.16. The molecule has 0 saturated carbocycles. The summed E-state index contributed by atoms with van der Waals surface area (Å²) in [6.45, 7) is 6.28. The van der Waals surface area contributed by atoms with E-state index in [4.69, 9.17) is 4.74 Å². The molecule has 0 radical (unpaired) electrons. The maximum atomic E-state index is 12.8. The lowest BCUT2D eigenvalue weighted by molar-refractivity contribution is -0.116. The fraction of sp³-hybridized carbons (Fsp3) is 0.185. The van der Waals surface area contributed by atoms with Gasteiger partial charge >= 0.3 is 0 Å². The first kappa shape index (κ1) is 22.3. The highest BCUT2D eigenvalue weighted by atomic mass is 16.5. The summed E-state index contributed by atoms with van der Waals surface area (Å²) in [5.74, 6) is 0.594. The number of amides is 1. The van der Waals surface area contributed by atoms with Crippen molar-refractivity contribution in [2.75, 3.05) is 5.32 Å². The number of pyridine rings is 1. The van der Waals surface area contributed by atoms with Gasteiger partial charge in [-0.1, -0.05) is 48.0 Å². The molecular weight excluding hydrogens is 440 g/mol. The molecule has 5 aromatic rings. The summed E-state index contributed by atoms with van der Waals surface area (Å²) in [6, 6.07) is 18.1. The Hall–Kier alpha value is -4.46. The largest absolute Gasteiger partial charge is 0.471 e. The van der Waals surface area contributed by atoms with Crippen molar-refractivity contribution >= 4 is 22.6 Å². The molecule has 0 atom stereocenters. The van der Waals surface area contributed by atoms with Gasteiger partial charge in [-0.3, -0.25) is 4.79 Å². The van der Waals surface area contributed by atoms with E-state index in [-0.39, 0.29) is 19.2 Å². The van der Waals surface area contributed by atoms with Gasteiger partial charge in [0, 0.05) is 11.6 Å². The molecule has 1 amide bonds. The minimum Gasteiger partial charge on any atom is -0.471 e. The van der Waals surface area contributed by atoms with Gasteiger partial charge in [0.2, 0.25) is 5.91 Å². The van der Waals surface area contributed by atoms with Crippen LogP contribution in [0.15, 0.2) is 73.2 Å². The van der Waals surface area contributed by atoms with Crippen molar-refractivity contribution in [3.05, 3.63) is 90.0 Å². The van der Waals surface area contributed by atoms with Crippen molar-refractivity contribution in [2.45, 2.75) is 34.0 Å². The number of benzene rings is 2. The highest BCUT2D eigenvalue weighted by molar-refractivity contribution is 5.96. The monoisotopic (exact) mass is 466 g/mol. The van der Waals surface area contributed by atoms with Gasteiger partial charge in [0.1, 0.15) is 12.3 Å². The second-order valence-electron chi connectivity index (χ2n) is 8.53. The maximum Gasteiger partial charge on any atom is 0.246 e. The lowest BCUT2D eigenvalue weighted by Gasteiger charge is -2.09. The summed E-state index contributed by atoms with van der Waals surface area (Å²) in [7, 11) is 0. The number of aryl methyl sites for hydroxylation is 3. The molecule has 0 aliphatic carbocycles. The molecule has 0 aliphatic rings. The van der Waals surface area contributed by atoms with Crippen molar-refractivity contribution in [3.8, 4) is 16.9 Å². The molecule has 176 valence electrons. The number of rotatable bonds is 7. The van der Waals surface area contributed by atoms with Gasteiger partial charge in [0.05, 0.1) is 23.8 Å². The van der Waals surface area contributed by atoms with E-state index < -0.39 is 0 Å². The van der Waals surface area contributed by atoms with Gasteiger partial charge in [-0.15, -0.1) is 0 Å². The Morgan fingerprint density at radius 3 is 2.69 bits per heavy atom. The van der Waals surface area contributed by atoms with E-state index in [2.05, 4.69) is 38.7 Å². The van der Waals surface area contributed by atoms with E-state index in [1.807, 2.05) is 57.2 Å². The number of carbonyl (C=O) groups is 1. The number of hydrogen-bond acceptors (Lipinski definition) is 5. The molecular formula is C27H26N6O2. The van der Waals surface area contributed by atoms with E-state index in [1.165, 1.54) is 5.56 Å². The number of nitrogens with zero attached hydrogens (tertiary/aromatic N) is 5. The van der Waals surface area contributed by atoms with Crippen LogP contribution >= 0.6 is 0 Å². The number of fused-ring (bicyclic) bond motifs is 1. The average Bonchev–Trinajstić information content (AvgIpc) is 3.43. The first-order valence-corrected chi connectivity index (χ1v) is 11.4. The van der Waals surface area contributed by atoms with Crippen molar-refractivity contribution < 1.29 is 9.53 Å². The molecule has 2 aromatic carbocycles. The minimum absolute atomic E-state index is 0.0415. The summed E-state index contributed by atoms with van der Waals surface area (Å²) in [5.41, 5.74) is 6.48. The molecule has 8 nitrogen and oxygen atoms in total. The summed E-state index contributed by atoms with van der Waals surface area (Å²) in [6.07, 6.45) is 5.08. The molecule has 3 aromatic heterocycles. The zero-order chi connectivity index (χ0) is 24.4. The lowest BCUT2D eigenvalue weighted by atomic mass is 10.0. The molecule has 1 N–H and O–H groups in total. The Morgan fingerprint density at radius 2 is 1.89 bits per heavy atom. The van der Waals surface area contributed by atoms with Gasteiger partial charge in [-0.2, -0.15) is 10.2 Å². The predicted molar refractivity (Wildman–Crippen MR) is 135 cm³/mol. The predicted octanol–water partition coefficient (Wildman–Crippen LogP) is 4.90. The molecule has 0 aliphatic heterocycles. The lowest BCUT2D eigenvalue weighted by Crippen LogP contribution is -2.19. The Kier molecular flexibility index (Phi) is 6.01. The fourth-order valence-electron chi connectivity index (χ4n) is 4.18. The smallest absolute Gasteiger partial charge is 0.246 e. The summed E-state index contributed by atoms with van der Waals surface area (Å²) in [4.78, 5) is 17.3. The number of aromatic nitrogens is 5. The number of ether oxygens (including phenoxy) is 1. The second kappa shape index (κ2) is 9.42. The maximum absolute atomic E-state index is 12.8. The minimum atomic E-state index is -0.212. The Balaban J connectivity index is 1.27. The average molecular weight is 467 g/mol. The first-order valence-electron chi connectivity index (χ1n) is 11.4. The molecule has 0 spiro atoms. The van der Waals surface area contributed by atoms with E-state index in [1.54, 1.807) is 28.0 Å². The SMILES string of the molecule is Cc1ccc(OCn2cc(NC(=O)Cn3nc(C)c4c(-c5ccccc5)ccnc43)cn2)c(C)c1. The van der Waals surface area contributed by atoms with E-state index >= 15 is 0 Å². The standard InChI is InChI=1S/C27H26N6O2/c1-18-9-10-24(19(2)13-18)35-17-32-15-22(14-29-32)30-25(34)16-33-27-26(20(3)31-33)23(11-12-28-27)21-7-5-4-6-8-21/h4-15H,16-17H2,1-3H3,(H,30,34). The van der Waals surface area contributed by atoms with E-state index in [0.717, 1.165) is 33.5 Å². The van der Waals surface area contributed by atoms with Crippen LogP contribution in [0.4, 0.5) is 5.69 Å². The van der Waals surface area contributed by atoms with Crippen LogP contribution in [0.5, 0.6) is 5.75 Å². The Bertz CT molecular complexity index is 1500. The van der Waals surface area contributed by atoms with E-state index in [0.29, 0.717) is 11.3 Å². The third-order valence-corrected chi connectivity index (χ3v) is 5.79. The molecule has 5 rings (SSSR count). The van der Waals surface area contributed by atoms with Crippen LogP contribution in [0.25, 0.3) is 22.2 Å². The zero-order valence-electron chi connectivity index (χ0n) is 19.9. The first-order chi connectivity index (χ1) is 17.0. The van der Waals surface area contributed by atoms with Crippen LogP contribution in [0.1, 0.15) is 16.8 Å². The molecule has 3 heterocycles. The third-order valence-electron chi connectivity index (χ3n) is 5.79. The number of hydrogen-bond donors (Lipinski definition) is 1. The number of anilines is 1. The molecule has 0 saturated heterocycles. The van der Waals surface area contributed by atoms with Gasteiger partial charge in [-0.25, -0.2) is 14.3 Å². The molecule has 8 heteroatoms. The van der Waals surface area contributed by atoms with Crippen LogP contribution in [0.3, 0.4) is 0 Å². The van der Waals surface area contributed by atoms with Crippen LogP contribution in [-0.4, -0.2) is 30.5 Å². The van der Waals surface area contributed by atoms with Crippen molar-refractivity contribution in [1.82, 2.24) is 24.5 Å². The van der Waals surface area contributed by atoms with Crippen molar-refractivity contribution in [1.29, 1.82) is 0 Å². The number of carbonyl (C=O) groups excluding carboxylic acids is 1. The summed E-state index contributed by atoms with van der Waals surface area (Å²) in [5, 5.41) is 12.7. The second-order valence-corrected chi connectivity index (χ2v) is 8.53. The molecule has 35 heavy (non-hydrogen) atoms. The highest BCUT2D eigenvalue weighted by Crippen LogP contribution is 2.29. The fourth-order valence-corrected chi connectivity index (χ4v) is 4.18. The molecule has 0 bridgehead atoms. The van der Waals surface area contributed by atoms with Crippen LogP contribution in [-0.2, 0) is 18.1 Å². The van der Waals surface area contributed by atoms with Crippen molar-refractivity contribution in [3.63, 3.8) is 0 Å². The Morgan fingerprint density at radius 1 is 1.06 bits per heavy atom. The zero-order valence-corrected chi connectivity index (χ0v) is 19.9. The summed E-state index contributed by atoms with van der Waals surface area (Å²) >= 11 is 0. The van der Waals surface area contributed by atoms with Crippen LogP contribution in [0.2, 0.25) is 0 Å². The van der Waals surface area contributed by atoms with Crippen molar-refractivity contribution in [2.24, 2.45) is 0 Å². The van der Waals surface area contributed by atoms with Gasteiger partial charge in [0.25, 0.3) is 0 Å². The van der Waals surface area contributed by atoms with E-state index in [9.17, 15) is 4.79 Å². The Labute approximate surface area is 203 Å². The number of nitrogens with one attached hydrogen (secondary N) is 1. The molecule has 0 unspecified atom stereocenters. The molecule has 0 fully saturated rings. The quantitative estimate of drug-likeness (QED) is 0.369. The normalized spacial score (nSPS) is 11.1. The topological polar surface area (TPSA) is 86.9 Å². The van der Waals surface area contributed by atoms with Crippen LogP contribution in [0, 0.1) is 20.8 Å². The van der Waals surface area contributed by atoms with Gasteiger partial charge in [0.15, 0.2) is 12.4 Å². The van der Waals surface area contributed by atoms with Gasteiger partial charge < -0.3 is 10.1 Å². The van der Waals surface area contributed by atoms with Crippen LogP contribution < -0.4 is 10.1 Å². The van der Waals surface area contributed by atoms with Gasteiger partial charge in [-0.05, 0) is 49.6 Å². The third kappa shape index (κ3) is 4.77. The summed E-state index contributed by atoms with van der Waals surface area (Å²) < 4.78 is 9.13.